The highest BCUT2D eigenvalue weighted by Crippen LogP contribution is 2.30. The number of aliphatic hydroxyl groups is 8. The van der Waals surface area contributed by atoms with E-state index in [0.29, 0.717) is 12.8 Å². The van der Waals surface area contributed by atoms with Crippen LogP contribution < -0.4 is 5.32 Å². The summed E-state index contributed by atoms with van der Waals surface area (Å²) in [7, 11) is 0. The van der Waals surface area contributed by atoms with E-state index >= 15 is 0 Å². The lowest BCUT2D eigenvalue weighted by molar-refractivity contribution is -0.359. The van der Waals surface area contributed by atoms with E-state index in [-0.39, 0.29) is 18.9 Å². The van der Waals surface area contributed by atoms with Crippen LogP contribution in [-0.4, -0.2) is 140 Å². The lowest BCUT2D eigenvalue weighted by Crippen LogP contribution is -2.65. The number of aliphatic hydroxyl groups excluding tert-OH is 8. The van der Waals surface area contributed by atoms with E-state index in [2.05, 4.69) is 116 Å². The number of carbonyl (C=O) groups is 1. The second-order valence-electron chi connectivity index (χ2n) is 23.2. The number of allylic oxidation sites excluding steroid dienone is 16. The van der Waals surface area contributed by atoms with Crippen molar-refractivity contribution in [2.45, 2.75) is 319 Å². The molecule has 2 aliphatic rings. The van der Waals surface area contributed by atoms with E-state index < -0.39 is 86.8 Å². The fourth-order valence-corrected chi connectivity index (χ4v) is 10.5. The van der Waals surface area contributed by atoms with Gasteiger partial charge < -0.3 is 65.1 Å². The molecule has 2 rings (SSSR count). The Balaban J connectivity index is 1.72. The molecule has 0 bridgehead atoms. The van der Waals surface area contributed by atoms with Gasteiger partial charge in [-0.25, -0.2) is 0 Å². The minimum Gasteiger partial charge on any atom is -0.394 e. The Labute approximate surface area is 509 Å². The summed E-state index contributed by atoms with van der Waals surface area (Å²) in [5.41, 5.74) is 0. The summed E-state index contributed by atoms with van der Waals surface area (Å²) in [6.45, 7) is 2.74. The van der Waals surface area contributed by atoms with Crippen molar-refractivity contribution >= 4 is 5.91 Å². The lowest BCUT2D eigenvalue weighted by atomic mass is 9.97. The number of carbonyl (C=O) groups excluding carboxylic acids is 1. The van der Waals surface area contributed by atoms with Gasteiger partial charge in [0.05, 0.1) is 32.0 Å². The Hall–Kier alpha value is -3.09. The summed E-state index contributed by atoms with van der Waals surface area (Å²) in [5.74, 6) is -0.233. The number of hydrogen-bond donors (Lipinski definition) is 9. The third-order valence-electron chi connectivity index (χ3n) is 15.8. The Bertz CT molecular complexity index is 1780. The third kappa shape index (κ3) is 38.2. The monoisotopic (exact) mass is 1180 g/mol. The molecular weight excluding hydrogens is 1060 g/mol. The highest BCUT2D eigenvalue weighted by Gasteiger charge is 2.51. The van der Waals surface area contributed by atoms with Gasteiger partial charge in [0.2, 0.25) is 5.91 Å². The minimum atomic E-state index is -1.79. The van der Waals surface area contributed by atoms with Gasteiger partial charge in [-0.15, -0.1) is 0 Å². The number of rotatable bonds is 53. The molecule has 0 radical (unpaired) electrons. The van der Waals surface area contributed by atoms with Gasteiger partial charge in [-0.2, -0.15) is 0 Å². The van der Waals surface area contributed by atoms with Gasteiger partial charge in [-0.05, 0) is 77.0 Å². The van der Waals surface area contributed by atoms with E-state index in [1.807, 2.05) is 0 Å². The summed E-state index contributed by atoms with van der Waals surface area (Å²) >= 11 is 0. The fourth-order valence-electron chi connectivity index (χ4n) is 10.5. The number of ether oxygens (including phenoxy) is 4. The van der Waals surface area contributed by atoms with Crippen molar-refractivity contribution in [1.82, 2.24) is 5.32 Å². The molecule has 14 nitrogen and oxygen atoms in total. The molecule has 0 aliphatic carbocycles. The van der Waals surface area contributed by atoms with Gasteiger partial charge in [-0.1, -0.05) is 259 Å². The maximum absolute atomic E-state index is 13.3. The van der Waals surface area contributed by atoms with Crippen LogP contribution >= 0.6 is 0 Å². The molecule has 484 valence electrons. The zero-order valence-electron chi connectivity index (χ0n) is 52.4. The van der Waals surface area contributed by atoms with Gasteiger partial charge in [0.1, 0.15) is 48.8 Å². The van der Waals surface area contributed by atoms with Gasteiger partial charge in [0, 0.05) is 6.42 Å². The predicted molar refractivity (Wildman–Crippen MR) is 341 cm³/mol. The highest BCUT2D eigenvalue weighted by molar-refractivity contribution is 5.76. The largest absolute Gasteiger partial charge is 0.394 e. The van der Waals surface area contributed by atoms with Crippen LogP contribution in [0.15, 0.2) is 97.2 Å². The Morgan fingerprint density at radius 2 is 0.821 bits per heavy atom. The van der Waals surface area contributed by atoms with E-state index in [9.17, 15) is 45.6 Å². The van der Waals surface area contributed by atoms with E-state index in [0.717, 1.165) is 103 Å². The van der Waals surface area contributed by atoms with E-state index in [1.54, 1.807) is 0 Å². The molecule has 0 spiro atoms. The molecule has 84 heavy (non-hydrogen) atoms. The maximum Gasteiger partial charge on any atom is 0.220 e. The third-order valence-corrected chi connectivity index (χ3v) is 15.8. The molecule has 9 N–H and O–H groups in total. The molecule has 2 saturated heterocycles. The molecule has 2 fully saturated rings. The minimum absolute atomic E-state index is 0.233. The molecule has 12 atom stereocenters. The fraction of sp³-hybridized carbons (Fsp3) is 0.757. The predicted octanol–water partition coefficient (Wildman–Crippen LogP) is 13.0. The summed E-state index contributed by atoms with van der Waals surface area (Å²) in [4.78, 5) is 13.3. The molecule has 0 aromatic rings. The van der Waals surface area contributed by atoms with E-state index in [4.69, 9.17) is 18.9 Å². The van der Waals surface area contributed by atoms with Crippen molar-refractivity contribution in [3.63, 3.8) is 0 Å². The first kappa shape index (κ1) is 77.0. The van der Waals surface area contributed by atoms with Crippen LogP contribution in [0.1, 0.15) is 245 Å². The first-order chi connectivity index (χ1) is 41.1. The quantitative estimate of drug-likeness (QED) is 0.0204. The second kappa shape index (κ2) is 54.1. The summed E-state index contributed by atoms with van der Waals surface area (Å²) in [5, 5.41) is 87.5. The molecule has 0 saturated carbocycles. The topological polar surface area (TPSA) is 228 Å². The van der Waals surface area contributed by atoms with Crippen LogP contribution in [0.25, 0.3) is 0 Å². The van der Waals surface area contributed by atoms with Gasteiger partial charge >= 0.3 is 0 Å². The zero-order valence-corrected chi connectivity index (χ0v) is 52.4. The van der Waals surface area contributed by atoms with Gasteiger partial charge in [0.15, 0.2) is 12.6 Å². The van der Waals surface area contributed by atoms with Crippen molar-refractivity contribution in [1.29, 1.82) is 0 Å². The Kier molecular flexibility index (Phi) is 49.6. The van der Waals surface area contributed by atoms with Crippen molar-refractivity contribution in [3.8, 4) is 0 Å². The van der Waals surface area contributed by atoms with Crippen LogP contribution in [0.3, 0.4) is 0 Å². The first-order valence-electron chi connectivity index (χ1n) is 33.5. The summed E-state index contributed by atoms with van der Waals surface area (Å²) < 4.78 is 22.9. The highest BCUT2D eigenvalue weighted by atomic mass is 16.7. The van der Waals surface area contributed by atoms with Crippen LogP contribution in [0.4, 0.5) is 0 Å². The molecule has 0 aromatic carbocycles. The molecule has 1 amide bonds. The average molecular weight is 1180 g/mol. The lowest BCUT2D eigenvalue weighted by Gasteiger charge is -2.46. The standard InChI is InChI=1S/C70H121NO13/c1-3-5-7-9-11-13-15-17-19-21-23-25-26-27-28-29-30-31-32-34-36-38-40-42-44-46-48-50-52-54-62(75)71-58(59(74)53-51-49-47-45-43-41-39-37-35-33-24-22-20-18-16-14-12-10-8-6-4-2)57-81-69-67(80)65(78)68(61(56-73)83-69)84-70-66(79)64(77)63(76)60(55-72)82-70/h5,7,11,13,17,19,23,25,27-28,30-31,34,36,40,42,58-61,63-70,72-74,76-80H,3-4,6,8-10,12,14-16,18,20-22,24,26,29,32-33,35,37-39,41,43-57H2,1-2H3,(H,71,75)/b7-5-,13-11-,19-17-,25-23-,28-27-,31-30-,36-34-,42-40-. The van der Waals surface area contributed by atoms with Gasteiger partial charge in [-0.3, -0.25) is 4.79 Å². The molecular formula is C70H121NO13. The SMILES string of the molecule is CC/C=C\C/C=C\C/C=C\C/C=C\C/C=C\C/C=C\C/C=C\C/C=C\CCCCCCC(=O)NC(COC1OC(CO)C(OC2OC(CO)C(O)C(O)C2O)C(O)C1O)C(O)CCCCCCCCCCCCCCCCCCCCCCC. The molecule has 12 unspecified atom stereocenters. The van der Waals surface area contributed by atoms with E-state index in [1.165, 1.54) is 109 Å². The Morgan fingerprint density at radius 3 is 1.26 bits per heavy atom. The Morgan fingerprint density at radius 1 is 0.440 bits per heavy atom. The normalized spacial score (nSPS) is 24.3. The number of amides is 1. The van der Waals surface area contributed by atoms with Gasteiger partial charge in [0.25, 0.3) is 0 Å². The average Bonchev–Trinajstić information content (AvgIpc) is 3.24. The molecule has 2 aliphatic heterocycles. The summed E-state index contributed by atoms with van der Waals surface area (Å²) in [6.07, 6.45) is 58.3. The van der Waals surface area contributed by atoms with Crippen molar-refractivity contribution in [2.75, 3.05) is 19.8 Å². The zero-order chi connectivity index (χ0) is 60.9. The number of unbranched alkanes of at least 4 members (excludes halogenated alkanes) is 24. The number of nitrogens with one attached hydrogen (secondary N) is 1. The number of hydrogen-bond acceptors (Lipinski definition) is 13. The first-order valence-corrected chi connectivity index (χ1v) is 33.5. The van der Waals surface area contributed by atoms with Crippen LogP contribution in [0, 0.1) is 0 Å². The smallest absolute Gasteiger partial charge is 0.220 e. The van der Waals surface area contributed by atoms with Crippen molar-refractivity contribution < 1.29 is 64.6 Å². The van der Waals surface area contributed by atoms with Crippen molar-refractivity contribution in [2.24, 2.45) is 0 Å². The molecule has 2 heterocycles. The second-order valence-corrected chi connectivity index (χ2v) is 23.2. The summed E-state index contributed by atoms with van der Waals surface area (Å²) in [6, 6.07) is -0.851. The van der Waals surface area contributed by atoms with Crippen LogP contribution in [0.2, 0.25) is 0 Å². The van der Waals surface area contributed by atoms with Crippen molar-refractivity contribution in [3.05, 3.63) is 97.2 Å². The molecule has 0 aromatic heterocycles. The maximum atomic E-state index is 13.3. The van der Waals surface area contributed by atoms with Crippen LogP contribution in [-0.2, 0) is 23.7 Å². The molecule has 14 heteroatoms. The van der Waals surface area contributed by atoms with Crippen LogP contribution in [0.5, 0.6) is 0 Å².